The van der Waals surface area contributed by atoms with E-state index in [0.717, 1.165) is 5.84 Å². The Morgan fingerprint density at radius 3 is 2.67 bits per heavy atom. The largest absolute Gasteiger partial charge is 0.591 e. The Balaban J connectivity index is 2.45. The summed E-state index contributed by atoms with van der Waals surface area (Å²) in [5, 5.41) is 0. The van der Waals surface area contributed by atoms with E-state index < -0.39 is 11.4 Å². The summed E-state index contributed by atoms with van der Waals surface area (Å²) in [6, 6.07) is 0. The number of nitrogens with one attached hydrogen (secondary N) is 1. The van der Waals surface area contributed by atoms with Gasteiger partial charge in [-0.1, -0.05) is 13.8 Å². The molecule has 1 rings (SSSR count). The standard InChI is InChI=1S/C5H10N2OS/c1-4(2)5-6-3-9(8)7-5/h4H,3H2,1-2H3,(H,6,7). The second-order valence-electron chi connectivity index (χ2n) is 2.27. The van der Waals surface area contributed by atoms with E-state index in [1.54, 1.807) is 0 Å². The molecular formula is C5H10N2OS. The van der Waals surface area contributed by atoms with Gasteiger partial charge >= 0.3 is 0 Å². The van der Waals surface area contributed by atoms with Crippen LogP contribution in [0.5, 0.6) is 0 Å². The summed E-state index contributed by atoms with van der Waals surface area (Å²) < 4.78 is 13.4. The summed E-state index contributed by atoms with van der Waals surface area (Å²) >= 11 is -0.927. The first-order chi connectivity index (χ1) is 4.20. The van der Waals surface area contributed by atoms with Crippen LogP contribution in [0.15, 0.2) is 4.99 Å². The summed E-state index contributed by atoms with van der Waals surface area (Å²) in [6.45, 7) is 4.04. The Hall–Kier alpha value is -0.220. The van der Waals surface area contributed by atoms with Gasteiger partial charge in [-0.25, -0.2) is 4.99 Å². The molecule has 1 aliphatic heterocycles. The van der Waals surface area contributed by atoms with Gasteiger partial charge in [0.25, 0.3) is 0 Å². The number of aliphatic imine (C=N–C) groups is 1. The minimum absolute atomic E-state index is 0.372. The second-order valence-corrected chi connectivity index (χ2v) is 3.43. The Labute approximate surface area is 57.9 Å². The van der Waals surface area contributed by atoms with Crippen molar-refractivity contribution in [1.29, 1.82) is 0 Å². The van der Waals surface area contributed by atoms with Crippen molar-refractivity contribution in [1.82, 2.24) is 4.72 Å². The average Bonchev–Trinajstić information content (AvgIpc) is 2.14. The molecule has 0 saturated heterocycles. The summed E-state index contributed by atoms with van der Waals surface area (Å²) in [5.41, 5.74) is 0. The lowest BCUT2D eigenvalue weighted by atomic mass is 10.2. The molecule has 1 unspecified atom stereocenters. The van der Waals surface area contributed by atoms with Crippen LogP contribution in [0.3, 0.4) is 0 Å². The molecule has 0 aliphatic carbocycles. The number of hydrogen-bond acceptors (Lipinski definition) is 3. The molecule has 0 spiro atoms. The molecule has 0 amide bonds. The topological polar surface area (TPSA) is 47.5 Å². The van der Waals surface area contributed by atoms with Crippen LogP contribution in [0, 0.1) is 5.92 Å². The monoisotopic (exact) mass is 146 g/mol. The summed E-state index contributed by atoms with van der Waals surface area (Å²) in [6.07, 6.45) is 0. The number of amidine groups is 1. The van der Waals surface area contributed by atoms with Gasteiger partial charge in [0.2, 0.25) is 5.88 Å². The molecule has 0 saturated carbocycles. The van der Waals surface area contributed by atoms with Crippen LogP contribution in [0.2, 0.25) is 0 Å². The van der Waals surface area contributed by atoms with Crippen molar-refractivity contribution in [2.45, 2.75) is 13.8 Å². The van der Waals surface area contributed by atoms with Crippen LogP contribution in [-0.4, -0.2) is 16.3 Å². The van der Waals surface area contributed by atoms with E-state index in [0.29, 0.717) is 11.8 Å². The maximum atomic E-state index is 10.6. The average molecular weight is 146 g/mol. The van der Waals surface area contributed by atoms with E-state index in [1.165, 1.54) is 0 Å². The van der Waals surface area contributed by atoms with Crippen LogP contribution in [0.25, 0.3) is 0 Å². The minimum atomic E-state index is -0.927. The maximum absolute atomic E-state index is 10.6. The van der Waals surface area contributed by atoms with Crippen molar-refractivity contribution >= 4 is 17.2 Å². The minimum Gasteiger partial charge on any atom is -0.591 e. The fraction of sp³-hybridized carbons (Fsp3) is 0.800. The first-order valence-electron chi connectivity index (χ1n) is 2.89. The van der Waals surface area contributed by atoms with Gasteiger partial charge in [-0.05, 0) is 0 Å². The highest BCUT2D eigenvalue weighted by molar-refractivity contribution is 7.90. The predicted octanol–water partition coefficient (Wildman–Crippen LogP) is 0.265. The highest BCUT2D eigenvalue weighted by Crippen LogP contribution is 2.03. The Morgan fingerprint density at radius 2 is 2.44 bits per heavy atom. The molecule has 4 heteroatoms. The molecule has 0 fully saturated rings. The Bertz CT molecular complexity index is 135. The van der Waals surface area contributed by atoms with E-state index in [1.807, 2.05) is 13.8 Å². The van der Waals surface area contributed by atoms with Gasteiger partial charge in [0, 0.05) is 5.92 Å². The van der Waals surface area contributed by atoms with E-state index in [2.05, 4.69) is 9.71 Å². The van der Waals surface area contributed by atoms with Crippen molar-refractivity contribution in [3.05, 3.63) is 0 Å². The van der Waals surface area contributed by atoms with E-state index >= 15 is 0 Å². The fourth-order valence-corrected chi connectivity index (χ4v) is 1.46. The highest BCUT2D eigenvalue weighted by Gasteiger charge is 2.19. The zero-order chi connectivity index (χ0) is 6.85. The molecule has 1 atom stereocenters. The van der Waals surface area contributed by atoms with E-state index in [4.69, 9.17) is 0 Å². The molecule has 0 aromatic heterocycles. The van der Waals surface area contributed by atoms with Gasteiger partial charge < -0.3 is 4.55 Å². The third-order valence-electron chi connectivity index (χ3n) is 1.12. The SMILES string of the molecule is CC(C)C1=NC[S+]([O-])N1. The molecule has 3 nitrogen and oxygen atoms in total. The van der Waals surface area contributed by atoms with E-state index in [-0.39, 0.29) is 0 Å². The molecule has 9 heavy (non-hydrogen) atoms. The summed E-state index contributed by atoms with van der Waals surface area (Å²) in [4.78, 5) is 4.02. The number of nitrogens with zero attached hydrogens (tertiary/aromatic N) is 1. The highest BCUT2D eigenvalue weighted by atomic mass is 32.2. The van der Waals surface area contributed by atoms with Gasteiger partial charge in [0.15, 0.2) is 0 Å². The third kappa shape index (κ3) is 1.59. The zero-order valence-corrected chi connectivity index (χ0v) is 6.36. The first kappa shape index (κ1) is 6.89. The van der Waals surface area contributed by atoms with Crippen molar-refractivity contribution in [3.63, 3.8) is 0 Å². The Kier molecular flexibility index (Phi) is 1.97. The van der Waals surface area contributed by atoms with Crippen molar-refractivity contribution in [2.75, 3.05) is 5.88 Å². The lowest BCUT2D eigenvalue weighted by Crippen LogP contribution is -2.28. The zero-order valence-electron chi connectivity index (χ0n) is 5.55. The molecule has 0 aromatic rings. The van der Waals surface area contributed by atoms with Crippen LogP contribution in [0.4, 0.5) is 0 Å². The molecule has 1 heterocycles. The van der Waals surface area contributed by atoms with Crippen LogP contribution in [-0.2, 0) is 11.4 Å². The van der Waals surface area contributed by atoms with Gasteiger partial charge in [-0.3, -0.25) is 0 Å². The quantitative estimate of drug-likeness (QED) is 0.540. The number of hydrogen-bond donors (Lipinski definition) is 1. The second kappa shape index (κ2) is 2.58. The smallest absolute Gasteiger partial charge is 0.222 e. The first-order valence-corrected chi connectivity index (χ1v) is 4.21. The van der Waals surface area contributed by atoms with Crippen LogP contribution >= 0.6 is 0 Å². The molecule has 0 aromatic carbocycles. The lowest BCUT2D eigenvalue weighted by Gasteiger charge is -2.04. The molecule has 1 N–H and O–H groups in total. The molecule has 1 aliphatic rings. The molecular weight excluding hydrogens is 136 g/mol. The van der Waals surface area contributed by atoms with Crippen molar-refractivity contribution in [3.8, 4) is 0 Å². The molecule has 52 valence electrons. The Morgan fingerprint density at radius 1 is 1.78 bits per heavy atom. The molecule has 0 radical (unpaired) electrons. The van der Waals surface area contributed by atoms with Gasteiger partial charge in [-0.2, -0.15) is 4.72 Å². The molecule has 0 bridgehead atoms. The summed E-state index contributed by atoms with van der Waals surface area (Å²) in [7, 11) is 0. The summed E-state index contributed by atoms with van der Waals surface area (Å²) in [5.74, 6) is 1.66. The van der Waals surface area contributed by atoms with Crippen molar-refractivity contribution in [2.24, 2.45) is 10.9 Å². The maximum Gasteiger partial charge on any atom is 0.222 e. The fourth-order valence-electron chi connectivity index (χ4n) is 0.610. The van der Waals surface area contributed by atoms with Gasteiger partial charge in [-0.15, -0.1) is 0 Å². The normalized spacial score (nSPS) is 26.2. The van der Waals surface area contributed by atoms with Gasteiger partial charge in [0.1, 0.15) is 5.84 Å². The predicted molar refractivity (Wildman–Crippen MR) is 38.4 cm³/mol. The van der Waals surface area contributed by atoms with Crippen molar-refractivity contribution < 1.29 is 4.55 Å². The number of rotatable bonds is 1. The van der Waals surface area contributed by atoms with Crippen LogP contribution < -0.4 is 4.72 Å². The lowest BCUT2D eigenvalue weighted by molar-refractivity contribution is 0.594. The van der Waals surface area contributed by atoms with E-state index in [9.17, 15) is 4.55 Å². The van der Waals surface area contributed by atoms with Crippen LogP contribution in [0.1, 0.15) is 13.8 Å². The third-order valence-corrected chi connectivity index (χ3v) is 1.92. The van der Waals surface area contributed by atoms with Gasteiger partial charge in [0.05, 0.1) is 11.4 Å².